The predicted molar refractivity (Wildman–Crippen MR) is 73.7 cm³/mol. The van der Waals surface area contributed by atoms with Gasteiger partial charge in [0.1, 0.15) is 0 Å². The summed E-state index contributed by atoms with van der Waals surface area (Å²) in [6.07, 6.45) is 9.61. The van der Waals surface area contributed by atoms with Crippen LogP contribution in [0.2, 0.25) is 0 Å². The molecule has 1 unspecified atom stereocenters. The standard InChI is InChI=1S/C15H24N4O/c1-19-17-14(16-18-19)5-13(20)9-15-6-10-2-11(7-15)4-12(3-10)8-15/h10-13,20H,2-9H2,1H3. The Kier molecular flexibility index (Phi) is 2.88. The van der Waals surface area contributed by atoms with Crippen LogP contribution in [0.5, 0.6) is 0 Å². The molecule has 0 radical (unpaired) electrons. The van der Waals surface area contributed by atoms with Gasteiger partial charge in [-0.05, 0) is 73.3 Å². The largest absolute Gasteiger partial charge is 0.393 e. The van der Waals surface area contributed by atoms with E-state index in [0.29, 0.717) is 17.7 Å². The van der Waals surface area contributed by atoms with Gasteiger partial charge >= 0.3 is 0 Å². The minimum atomic E-state index is -0.310. The van der Waals surface area contributed by atoms with E-state index in [9.17, 15) is 5.11 Å². The highest BCUT2D eigenvalue weighted by Gasteiger charge is 2.51. The quantitative estimate of drug-likeness (QED) is 0.909. The van der Waals surface area contributed by atoms with Crippen LogP contribution in [0.15, 0.2) is 0 Å². The molecule has 0 aliphatic heterocycles. The van der Waals surface area contributed by atoms with E-state index in [1.807, 2.05) is 0 Å². The molecule has 1 atom stereocenters. The number of nitrogens with zero attached hydrogens (tertiary/aromatic N) is 4. The Morgan fingerprint density at radius 1 is 1.20 bits per heavy atom. The first-order valence-electron chi connectivity index (χ1n) is 8.01. The molecule has 4 fully saturated rings. The Labute approximate surface area is 119 Å². The van der Waals surface area contributed by atoms with E-state index in [0.717, 1.165) is 24.2 Å². The van der Waals surface area contributed by atoms with Crippen molar-refractivity contribution >= 4 is 0 Å². The molecule has 0 spiro atoms. The van der Waals surface area contributed by atoms with Gasteiger partial charge in [-0.2, -0.15) is 4.80 Å². The summed E-state index contributed by atoms with van der Waals surface area (Å²) in [5, 5.41) is 22.5. The maximum atomic E-state index is 10.5. The highest BCUT2D eigenvalue weighted by Crippen LogP contribution is 2.61. The Hall–Kier alpha value is -0.970. The molecule has 20 heavy (non-hydrogen) atoms. The monoisotopic (exact) mass is 276 g/mol. The molecule has 1 aromatic rings. The average molecular weight is 276 g/mol. The van der Waals surface area contributed by atoms with Crippen molar-refractivity contribution in [1.82, 2.24) is 20.2 Å². The molecule has 4 saturated carbocycles. The third-order valence-corrected chi connectivity index (χ3v) is 5.80. The first kappa shape index (κ1) is 12.7. The molecule has 4 aliphatic carbocycles. The molecule has 1 aromatic heterocycles. The molecule has 4 aliphatic rings. The summed E-state index contributed by atoms with van der Waals surface area (Å²) in [5.41, 5.74) is 0.427. The van der Waals surface area contributed by atoms with Crippen LogP contribution in [-0.4, -0.2) is 31.4 Å². The number of aromatic nitrogens is 4. The first-order valence-corrected chi connectivity index (χ1v) is 8.01. The third kappa shape index (κ3) is 2.26. The van der Waals surface area contributed by atoms with Crippen molar-refractivity contribution in [2.75, 3.05) is 0 Å². The van der Waals surface area contributed by atoms with Crippen molar-refractivity contribution in [2.45, 2.75) is 57.5 Å². The second-order valence-electron chi connectivity index (χ2n) is 7.67. The van der Waals surface area contributed by atoms with Crippen LogP contribution in [0, 0.1) is 23.2 Å². The van der Waals surface area contributed by atoms with Crippen molar-refractivity contribution in [1.29, 1.82) is 0 Å². The number of aryl methyl sites for hydroxylation is 1. The van der Waals surface area contributed by atoms with Gasteiger partial charge in [0, 0.05) is 6.42 Å². The molecule has 0 saturated heterocycles. The van der Waals surface area contributed by atoms with Crippen LogP contribution in [-0.2, 0) is 13.5 Å². The van der Waals surface area contributed by atoms with E-state index >= 15 is 0 Å². The second kappa shape index (κ2) is 4.52. The van der Waals surface area contributed by atoms with Gasteiger partial charge in [-0.15, -0.1) is 10.2 Å². The van der Waals surface area contributed by atoms with E-state index in [1.54, 1.807) is 7.05 Å². The zero-order chi connectivity index (χ0) is 13.7. The Bertz CT molecular complexity index is 463. The number of hydrogen-bond donors (Lipinski definition) is 1. The van der Waals surface area contributed by atoms with Crippen molar-refractivity contribution in [3.05, 3.63) is 5.82 Å². The summed E-state index contributed by atoms with van der Waals surface area (Å²) < 4.78 is 0. The van der Waals surface area contributed by atoms with Gasteiger partial charge in [0.05, 0.1) is 13.2 Å². The number of aliphatic hydroxyl groups excluding tert-OH is 1. The van der Waals surface area contributed by atoms with Crippen LogP contribution in [0.25, 0.3) is 0 Å². The number of tetrazole rings is 1. The molecular formula is C15H24N4O. The smallest absolute Gasteiger partial charge is 0.177 e. The van der Waals surface area contributed by atoms with Crippen molar-refractivity contribution < 1.29 is 5.11 Å². The molecule has 5 rings (SSSR count). The highest BCUT2D eigenvalue weighted by molar-refractivity contribution is 5.02. The fourth-order valence-electron chi connectivity index (χ4n) is 5.73. The Morgan fingerprint density at radius 2 is 1.80 bits per heavy atom. The highest BCUT2D eigenvalue weighted by atomic mass is 16.3. The lowest BCUT2D eigenvalue weighted by molar-refractivity contribution is -0.0757. The zero-order valence-corrected chi connectivity index (χ0v) is 12.2. The maximum Gasteiger partial charge on any atom is 0.177 e. The van der Waals surface area contributed by atoms with Crippen LogP contribution < -0.4 is 0 Å². The zero-order valence-electron chi connectivity index (χ0n) is 12.2. The van der Waals surface area contributed by atoms with Gasteiger partial charge in [0.15, 0.2) is 5.82 Å². The van der Waals surface area contributed by atoms with Gasteiger partial charge < -0.3 is 5.11 Å². The Balaban J connectivity index is 1.43. The SMILES string of the molecule is Cn1nnc(CC(O)CC23CC4CC(CC(C4)C2)C3)n1. The molecule has 1 N–H and O–H groups in total. The van der Waals surface area contributed by atoms with Crippen LogP contribution >= 0.6 is 0 Å². The number of hydrogen-bond acceptors (Lipinski definition) is 4. The number of aliphatic hydroxyl groups is 1. The van der Waals surface area contributed by atoms with E-state index in [1.165, 1.54) is 43.3 Å². The van der Waals surface area contributed by atoms with Crippen LogP contribution in [0.1, 0.15) is 50.8 Å². The molecule has 5 nitrogen and oxygen atoms in total. The summed E-state index contributed by atoms with van der Waals surface area (Å²) in [4.78, 5) is 1.47. The van der Waals surface area contributed by atoms with Crippen molar-refractivity contribution in [3.8, 4) is 0 Å². The van der Waals surface area contributed by atoms with Gasteiger partial charge in [-0.3, -0.25) is 0 Å². The topological polar surface area (TPSA) is 63.8 Å². The third-order valence-electron chi connectivity index (χ3n) is 5.80. The van der Waals surface area contributed by atoms with E-state index < -0.39 is 0 Å². The van der Waals surface area contributed by atoms with Crippen LogP contribution in [0.4, 0.5) is 0 Å². The molecule has 5 heteroatoms. The summed E-state index contributed by atoms with van der Waals surface area (Å²) >= 11 is 0. The van der Waals surface area contributed by atoms with E-state index in [2.05, 4.69) is 15.4 Å². The van der Waals surface area contributed by atoms with Gasteiger partial charge in [0.25, 0.3) is 0 Å². The molecular weight excluding hydrogens is 252 g/mol. The van der Waals surface area contributed by atoms with Crippen LogP contribution in [0.3, 0.4) is 0 Å². The minimum absolute atomic E-state index is 0.310. The first-order chi connectivity index (χ1) is 9.60. The average Bonchev–Trinajstić information content (AvgIpc) is 2.71. The molecule has 110 valence electrons. The molecule has 0 aromatic carbocycles. The van der Waals surface area contributed by atoms with Gasteiger partial charge in [-0.1, -0.05) is 0 Å². The van der Waals surface area contributed by atoms with Crippen molar-refractivity contribution in [3.63, 3.8) is 0 Å². The normalized spacial score (nSPS) is 40.2. The molecule has 0 amide bonds. The summed E-state index contributed by atoms with van der Waals surface area (Å²) in [7, 11) is 1.77. The molecule has 1 heterocycles. The number of rotatable bonds is 4. The fraction of sp³-hybridized carbons (Fsp3) is 0.933. The molecule has 4 bridgehead atoms. The van der Waals surface area contributed by atoms with Gasteiger partial charge in [0.2, 0.25) is 0 Å². The van der Waals surface area contributed by atoms with E-state index in [-0.39, 0.29) is 6.10 Å². The van der Waals surface area contributed by atoms with E-state index in [4.69, 9.17) is 0 Å². The minimum Gasteiger partial charge on any atom is -0.393 e. The lowest BCUT2D eigenvalue weighted by Gasteiger charge is -2.57. The second-order valence-corrected chi connectivity index (χ2v) is 7.67. The van der Waals surface area contributed by atoms with Crippen molar-refractivity contribution in [2.24, 2.45) is 30.2 Å². The lowest BCUT2D eigenvalue weighted by Crippen LogP contribution is -2.47. The lowest BCUT2D eigenvalue weighted by atomic mass is 9.48. The summed E-state index contributed by atoms with van der Waals surface area (Å²) in [6, 6.07) is 0. The summed E-state index contributed by atoms with van der Waals surface area (Å²) in [6.45, 7) is 0. The summed E-state index contributed by atoms with van der Waals surface area (Å²) in [5.74, 6) is 3.51. The Morgan fingerprint density at radius 3 is 2.30 bits per heavy atom. The predicted octanol–water partition coefficient (Wildman–Crippen LogP) is 1.72. The van der Waals surface area contributed by atoms with Gasteiger partial charge in [-0.25, -0.2) is 0 Å². The maximum absolute atomic E-state index is 10.5. The fourth-order valence-corrected chi connectivity index (χ4v) is 5.73.